The average molecular weight is 239 g/mol. The Balaban J connectivity index is 1.96. The van der Waals surface area contributed by atoms with Crippen molar-refractivity contribution >= 4 is 5.82 Å². The van der Waals surface area contributed by atoms with Crippen molar-refractivity contribution in [3.8, 4) is 11.3 Å². The van der Waals surface area contributed by atoms with Crippen molar-refractivity contribution in [3.05, 3.63) is 48.0 Å². The van der Waals surface area contributed by atoms with Crippen molar-refractivity contribution in [2.45, 2.75) is 25.4 Å². The first kappa shape index (κ1) is 11.2. The van der Waals surface area contributed by atoms with E-state index in [0.29, 0.717) is 12.6 Å². The molecule has 0 spiro atoms. The van der Waals surface area contributed by atoms with Gasteiger partial charge in [0.25, 0.3) is 0 Å². The predicted molar refractivity (Wildman–Crippen MR) is 74.2 cm³/mol. The molecular formula is C15H17N3. The van der Waals surface area contributed by atoms with Gasteiger partial charge in [0.1, 0.15) is 5.82 Å². The van der Waals surface area contributed by atoms with E-state index in [1.165, 1.54) is 12.8 Å². The number of benzene rings is 1. The molecule has 1 aliphatic carbocycles. The summed E-state index contributed by atoms with van der Waals surface area (Å²) in [7, 11) is 0. The molecule has 1 aromatic carbocycles. The van der Waals surface area contributed by atoms with E-state index in [0.717, 1.165) is 22.6 Å². The van der Waals surface area contributed by atoms with Gasteiger partial charge in [0.05, 0.1) is 5.69 Å². The zero-order chi connectivity index (χ0) is 12.4. The molecule has 18 heavy (non-hydrogen) atoms. The quantitative estimate of drug-likeness (QED) is 0.862. The number of nitrogens with one attached hydrogen (secondary N) is 1. The highest BCUT2D eigenvalue weighted by Gasteiger charge is 2.22. The van der Waals surface area contributed by atoms with E-state index < -0.39 is 0 Å². The predicted octanol–water partition coefficient (Wildman–Crippen LogP) is 2.78. The molecule has 3 rings (SSSR count). The lowest BCUT2D eigenvalue weighted by Crippen LogP contribution is -2.09. The van der Waals surface area contributed by atoms with Crippen LogP contribution < -0.4 is 11.1 Å². The van der Waals surface area contributed by atoms with E-state index in [4.69, 9.17) is 10.7 Å². The SMILES string of the molecule is NCc1ccc(-c2ccccc2)nc1NC1CC1. The van der Waals surface area contributed by atoms with Crippen LogP contribution in [0.2, 0.25) is 0 Å². The highest BCUT2D eigenvalue weighted by atomic mass is 15.0. The zero-order valence-corrected chi connectivity index (χ0v) is 10.3. The first-order valence-corrected chi connectivity index (χ1v) is 6.39. The van der Waals surface area contributed by atoms with Gasteiger partial charge in [-0.3, -0.25) is 0 Å². The van der Waals surface area contributed by atoms with Crippen LogP contribution in [0.1, 0.15) is 18.4 Å². The molecule has 0 bridgehead atoms. The maximum Gasteiger partial charge on any atom is 0.131 e. The second-order valence-corrected chi connectivity index (χ2v) is 4.69. The third-order valence-corrected chi connectivity index (χ3v) is 3.19. The average Bonchev–Trinajstić information content (AvgIpc) is 3.24. The summed E-state index contributed by atoms with van der Waals surface area (Å²) in [5, 5.41) is 3.45. The molecule has 1 aliphatic rings. The van der Waals surface area contributed by atoms with E-state index in [1.807, 2.05) is 24.3 Å². The Hall–Kier alpha value is -1.87. The van der Waals surface area contributed by atoms with Gasteiger partial charge in [0.15, 0.2) is 0 Å². The standard InChI is InChI=1S/C15H17N3/c16-10-12-6-9-14(11-4-2-1-3-5-11)18-15(12)17-13-7-8-13/h1-6,9,13H,7-8,10,16H2,(H,17,18). The van der Waals surface area contributed by atoms with Crippen molar-refractivity contribution in [1.29, 1.82) is 0 Å². The molecule has 0 saturated heterocycles. The van der Waals surface area contributed by atoms with Gasteiger partial charge in [-0.25, -0.2) is 4.98 Å². The molecule has 2 aromatic rings. The van der Waals surface area contributed by atoms with Crippen LogP contribution in [-0.2, 0) is 6.54 Å². The zero-order valence-electron chi connectivity index (χ0n) is 10.3. The van der Waals surface area contributed by atoms with Crippen molar-refractivity contribution in [2.75, 3.05) is 5.32 Å². The van der Waals surface area contributed by atoms with Crippen molar-refractivity contribution < 1.29 is 0 Å². The molecule has 0 amide bonds. The fourth-order valence-electron chi connectivity index (χ4n) is 1.97. The minimum absolute atomic E-state index is 0.525. The fraction of sp³-hybridized carbons (Fsp3) is 0.267. The van der Waals surface area contributed by atoms with Crippen molar-refractivity contribution in [3.63, 3.8) is 0 Å². The lowest BCUT2D eigenvalue weighted by molar-refractivity contribution is 1.02. The lowest BCUT2D eigenvalue weighted by atomic mass is 10.1. The minimum atomic E-state index is 0.525. The molecule has 3 heteroatoms. The summed E-state index contributed by atoms with van der Waals surface area (Å²) in [6, 6.07) is 14.9. The summed E-state index contributed by atoms with van der Waals surface area (Å²) in [5.74, 6) is 0.946. The maximum atomic E-state index is 5.76. The second-order valence-electron chi connectivity index (χ2n) is 4.69. The summed E-state index contributed by atoms with van der Waals surface area (Å²) in [4.78, 5) is 4.70. The van der Waals surface area contributed by atoms with Crippen LogP contribution >= 0.6 is 0 Å². The first-order valence-electron chi connectivity index (χ1n) is 6.39. The van der Waals surface area contributed by atoms with Crippen LogP contribution in [0, 0.1) is 0 Å². The largest absolute Gasteiger partial charge is 0.367 e. The summed E-state index contributed by atoms with van der Waals surface area (Å²) >= 11 is 0. The summed E-state index contributed by atoms with van der Waals surface area (Å²) < 4.78 is 0. The van der Waals surface area contributed by atoms with Gasteiger partial charge in [-0.1, -0.05) is 36.4 Å². The Morgan fingerprint density at radius 2 is 1.89 bits per heavy atom. The molecule has 0 aliphatic heterocycles. The topological polar surface area (TPSA) is 50.9 Å². The second kappa shape index (κ2) is 4.78. The Morgan fingerprint density at radius 1 is 1.11 bits per heavy atom. The molecule has 1 fully saturated rings. The minimum Gasteiger partial charge on any atom is -0.367 e. The number of aromatic nitrogens is 1. The van der Waals surface area contributed by atoms with Gasteiger partial charge in [-0.05, 0) is 18.9 Å². The third-order valence-electron chi connectivity index (χ3n) is 3.19. The molecule has 92 valence electrons. The van der Waals surface area contributed by atoms with Crippen molar-refractivity contribution in [1.82, 2.24) is 4.98 Å². The van der Waals surface area contributed by atoms with E-state index in [2.05, 4.69) is 23.5 Å². The van der Waals surface area contributed by atoms with E-state index in [-0.39, 0.29) is 0 Å². The summed E-state index contributed by atoms with van der Waals surface area (Å²) in [5.41, 5.74) is 8.98. The van der Waals surface area contributed by atoms with Crippen LogP contribution in [0.3, 0.4) is 0 Å². The number of pyridine rings is 1. The molecule has 3 N–H and O–H groups in total. The molecule has 0 unspecified atom stereocenters. The van der Waals surface area contributed by atoms with Crippen LogP contribution in [-0.4, -0.2) is 11.0 Å². The van der Waals surface area contributed by atoms with Gasteiger partial charge >= 0.3 is 0 Å². The maximum absolute atomic E-state index is 5.76. The van der Waals surface area contributed by atoms with Crippen LogP contribution in [0.5, 0.6) is 0 Å². The van der Waals surface area contributed by atoms with Crippen LogP contribution in [0.25, 0.3) is 11.3 Å². The smallest absolute Gasteiger partial charge is 0.131 e. The van der Waals surface area contributed by atoms with Gasteiger partial charge in [0, 0.05) is 23.7 Å². The summed E-state index contributed by atoms with van der Waals surface area (Å²) in [6.07, 6.45) is 2.47. The Labute approximate surface area is 107 Å². The lowest BCUT2D eigenvalue weighted by Gasteiger charge is -2.11. The fourth-order valence-corrected chi connectivity index (χ4v) is 1.97. The monoisotopic (exact) mass is 239 g/mol. The number of nitrogens with zero attached hydrogens (tertiary/aromatic N) is 1. The van der Waals surface area contributed by atoms with Gasteiger partial charge in [0.2, 0.25) is 0 Å². The van der Waals surface area contributed by atoms with Gasteiger partial charge < -0.3 is 11.1 Å². The van der Waals surface area contributed by atoms with E-state index in [1.54, 1.807) is 0 Å². The number of rotatable bonds is 4. The highest BCUT2D eigenvalue weighted by Crippen LogP contribution is 2.27. The first-order chi connectivity index (χ1) is 8.86. The molecule has 0 atom stereocenters. The number of nitrogens with two attached hydrogens (primary N) is 1. The normalized spacial score (nSPS) is 14.5. The molecule has 0 radical (unpaired) electrons. The number of hydrogen-bond donors (Lipinski definition) is 2. The molecule has 1 saturated carbocycles. The summed E-state index contributed by atoms with van der Waals surface area (Å²) in [6.45, 7) is 0.525. The molecular weight excluding hydrogens is 222 g/mol. The van der Waals surface area contributed by atoms with Crippen LogP contribution in [0.4, 0.5) is 5.82 Å². The highest BCUT2D eigenvalue weighted by molar-refractivity contribution is 5.63. The Morgan fingerprint density at radius 3 is 2.56 bits per heavy atom. The molecule has 1 aromatic heterocycles. The van der Waals surface area contributed by atoms with Crippen molar-refractivity contribution in [2.24, 2.45) is 5.73 Å². The Kier molecular flexibility index (Phi) is 2.99. The molecule has 1 heterocycles. The molecule has 3 nitrogen and oxygen atoms in total. The Bertz CT molecular complexity index is 533. The number of hydrogen-bond acceptors (Lipinski definition) is 3. The van der Waals surface area contributed by atoms with E-state index >= 15 is 0 Å². The third kappa shape index (κ3) is 2.36. The van der Waals surface area contributed by atoms with Gasteiger partial charge in [-0.15, -0.1) is 0 Å². The van der Waals surface area contributed by atoms with E-state index in [9.17, 15) is 0 Å². The van der Waals surface area contributed by atoms with Crippen LogP contribution in [0.15, 0.2) is 42.5 Å². The van der Waals surface area contributed by atoms with Gasteiger partial charge in [-0.2, -0.15) is 0 Å². The number of anilines is 1.